The van der Waals surface area contributed by atoms with E-state index in [4.69, 9.17) is 4.74 Å². The molecule has 0 saturated carbocycles. The molecule has 0 spiro atoms. The molecule has 0 atom stereocenters. The molecular weight excluding hydrogens is 350 g/mol. The van der Waals surface area contributed by atoms with E-state index in [0.29, 0.717) is 6.42 Å². The average Bonchev–Trinajstić information content (AvgIpc) is 2.73. The summed E-state index contributed by atoms with van der Waals surface area (Å²) in [6, 6.07) is 16.3. The van der Waals surface area contributed by atoms with Crippen molar-refractivity contribution in [3.63, 3.8) is 0 Å². The van der Waals surface area contributed by atoms with Gasteiger partial charge in [0, 0.05) is 38.4 Å². The van der Waals surface area contributed by atoms with Crippen LogP contribution in [0.4, 0.5) is 5.69 Å². The van der Waals surface area contributed by atoms with E-state index < -0.39 is 0 Å². The molecule has 2 aromatic rings. The van der Waals surface area contributed by atoms with E-state index in [2.05, 4.69) is 27.2 Å². The van der Waals surface area contributed by atoms with Gasteiger partial charge in [0.15, 0.2) is 0 Å². The predicted octanol–water partition coefficient (Wildman–Crippen LogP) is 2.87. The largest absolute Gasteiger partial charge is 0.497 e. The van der Waals surface area contributed by atoms with Crippen molar-refractivity contribution >= 4 is 11.6 Å². The van der Waals surface area contributed by atoms with Crippen LogP contribution in [0.15, 0.2) is 48.5 Å². The number of carbonyl (C=O) groups excluding carboxylic acids is 1. The Morgan fingerprint density at radius 1 is 1.04 bits per heavy atom. The Labute approximate surface area is 168 Å². The van der Waals surface area contributed by atoms with Crippen LogP contribution in [0, 0.1) is 6.92 Å². The molecule has 1 aliphatic heterocycles. The number of nitrogens with one attached hydrogen (secondary N) is 1. The van der Waals surface area contributed by atoms with Crippen LogP contribution in [-0.2, 0) is 11.2 Å². The van der Waals surface area contributed by atoms with Gasteiger partial charge in [0.1, 0.15) is 5.75 Å². The number of rotatable bonds is 8. The van der Waals surface area contributed by atoms with Crippen molar-refractivity contribution in [1.29, 1.82) is 0 Å². The molecule has 0 bridgehead atoms. The van der Waals surface area contributed by atoms with Gasteiger partial charge in [-0.15, -0.1) is 0 Å². The fraction of sp³-hybridized carbons (Fsp3) is 0.435. The first-order valence-corrected chi connectivity index (χ1v) is 10.1. The first-order chi connectivity index (χ1) is 13.7. The highest BCUT2D eigenvalue weighted by atomic mass is 16.5. The molecular formula is C23H31N3O2. The summed E-state index contributed by atoms with van der Waals surface area (Å²) in [7, 11) is 1.69. The normalized spacial score (nSPS) is 14.7. The molecule has 3 rings (SSSR count). The molecule has 28 heavy (non-hydrogen) atoms. The second-order valence-electron chi connectivity index (χ2n) is 7.33. The van der Waals surface area contributed by atoms with E-state index in [-0.39, 0.29) is 5.91 Å². The zero-order valence-electron chi connectivity index (χ0n) is 17.0. The van der Waals surface area contributed by atoms with Crippen LogP contribution in [0.2, 0.25) is 0 Å². The molecule has 5 heteroatoms. The highest BCUT2D eigenvalue weighted by molar-refractivity contribution is 5.78. The number of anilines is 1. The summed E-state index contributed by atoms with van der Waals surface area (Å²) in [5, 5.41) is 3.06. The Morgan fingerprint density at radius 2 is 1.75 bits per heavy atom. The van der Waals surface area contributed by atoms with Gasteiger partial charge in [-0.05, 0) is 55.3 Å². The summed E-state index contributed by atoms with van der Waals surface area (Å²) in [5.41, 5.74) is 3.53. The van der Waals surface area contributed by atoms with Crippen molar-refractivity contribution < 1.29 is 9.53 Å². The number of nitrogens with zero attached hydrogens (tertiary/aromatic N) is 2. The molecule has 1 amide bonds. The highest BCUT2D eigenvalue weighted by Crippen LogP contribution is 2.20. The van der Waals surface area contributed by atoms with Gasteiger partial charge in [-0.1, -0.05) is 24.3 Å². The third kappa shape index (κ3) is 5.73. The standard InChI is InChI=1S/C23H31N3O2/c1-19-6-3-4-7-20(19)18-23(27)24-12-5-13-25-14-16-26(17-15-25)21-8-10-22(28-2)11-9-21/h3-4,6-11H,5,12-18H2,1-2H3,(H,24,27). The summed E-state index contributed by atoms with van der Waals surface area (Å²) >= 11 is 0. The monoisotopic (exact) mass is 381 g/mol. The second kappa shape index (κ2) is 10.1. The highest BCUT2D eigenvalue weighted by Gasteiger charge is 2.17. The molecule has 0 aliphatic carbocycles. The number of hydrogen-bond donors (Lipinski definition) is 1. The zero-order chi connectivity index (χ0) is 19.8. The van der Waals surface area contributed by atoms with E-state index in [9.17, 15) is 4.79 Å². The molecule has 1 N–H and O–H groups in total. The minimum Gasteiger partial charge on any atom is -0.497 e. The number of benzene rings is 2. The maximum absolute atomic E-state index is 12.1. The lowest BCUT2D eigenvalue weighted by Crippen LogP contribution is -2.47. The van der Waals surface area contributed by atoms with Gasteiger partial charge in [-0.3, -0.25) is 9.69 Å². The number of carbonyl (C=O) groups is 1. The van der Waals surface area contributed by atoms with Crippen LogP contribution >= 0.6 is 0 Å². The second-order valence-corrected chi connectivity index (χ2v) is 7.33. The zero-order valence-corrected chi connectivity index (χ0v) is 17.0. The lowest BCUT2D eigenvalue weighted by molar-refractivity contribution is -0.120. The SMILES string of the molecule is COc1ccc(N2CCN(CCCNC(=O)Cc3ccccc3C)CC2)cc1. The van der Waals surface area contributed by atoms with Crippen LogP contribution in [0.5, 0.6) is 5.75 Å². The number of ether oxygens (including phenoxy) is 1. The Morgan fingerprint density at radius 3 is 2.43 bits per heavy atom. The molecule has 1 heterocycles. The number of aryl methyl sites for hydroxylation is 1. The Hall–Kier alpha value is -2.53. The molecule has 1 saturated heterocycles. The third-order valence-corrected chi connectivity index (χ3v) is 5.40. The molecule has 5 nitrogen and oxygen atoms in total. The van der Waals surface area contributed by atoms with Crippen LogP contribution in [0.25, 0.3) is 0 Å². The molecule has 0 unspecified atom stereocenters. The first-order valence-electron chi connectivity index (χ1n) is 10.1. The van der Waals surface area contributed by atoms with Crippen molar-refractivity contribution in [2.24, 2.45) is 0 Å². The predicted molar refractivity (Wildman–Crippen MR) is 114 cm³/mol. The van der Waals surface area contributed by atoms with Crippen LogP contribution in [0.3, 0.4) is 0 Å². The number of methoxy groups -OCH3 is 1. The maximum Gasteiger partial charge on any atom is 0.224 e. The molecule has 2 aromatic carbocycles. The summed E-state index contributed by atoms with van der Waals surface area (Å²) in [6.07, 6.45) is 1.45. The minimum absolute atomic E-state index is 0.110. The molecule has 0 aromatic heterocycles. The quantitative estimate of drug-likeness (QED) is 0.714. The fourth-order valence-corrected chi connectivity index (χ4v) is 3.60. The Kier molecular flexibility index (Phi) is 7.31. The average molecular weight is 382 g/mol. The van der Waals surface area contributed by atoms with Crippen LogP contribution < -0.4 is 15.0 Å². The minimum atomic E-state index is 0.110. The van der Waals surface area contributed by atoms with Crippen molar-refractivity contribution in [3.8, 4) is 5.75 Å². The number of hydrogen-bond acceptors (Lipinski definition) is 4. The Bertz CT molecular complexity index is 753. The maximum atomic E-state index is 12.1. The number of piperazine rings is 1. The van der Waals surface area contributed by atoms with Gasteiger partial charge in [0.2, 0.25) is 5.91 Å². The lowest BCUT2D eigenvalue weighted by Gasteiger charge is -2.36. The van der Waals surface area contributed by atoms with Crippen LogP contribution in [0.1, 0.15) is 17.5 Å². The van der Waals surface area contributed by atoms with Crippen molar-refractivity contribution in [2.75, 3.05) is 51.3 Å². The summed E-state index contributed by atoms with van der Waals surface area (Å²) in [5.74, 6) is 1.01. The van der Waals surface area contributed by atoms with Gasteiger partial charge in [0.25, 0.3) is 0 Å². The van der Waals surface area contributed by atoms with E-state index >= 15 is 0 Å². The van der Waals surface area contributed by atoms with Gasteiger partial charge in [-0.25, -0.2) is 0 Å². The van der Waals surface area contributed by atoms with Crippen LogP contribution in [-0.4, -0.2) is 57.2 Å². The van der Waals surface area contributed by atoms with Gasteiger partial charge in [-0.2, -0.15) is 0 Å². The van der Waals surface area contributed by atoms with E-state index in [1.54, 1.807) is 7.11 Å². The lowest BCUT2D eigenvalue weighted by atomic mass is 10.1. The molecule has 1 aliphatic rings. The molecule has 1 fully saturated rings. The summed E-state index contributed by atoms with van der Waals surface area (Å²) < 4.78 is 5.23. The van der Waals surface area contributed by atoms with Gasteiger partial charge in [0.05, 0.1) is 13.5 Å². The van der Waals surface area contributed by atoms with Crippen molar-refractivity contribution in [1.82, 2.24) is 10.2 Å². The summed E-state index contributed by atoms with van der Waals surface area (Å²) in [6.45, 7) is 8.00. The van der Waals surface area contributed by atoms with Crippen molar-refractivity contribution in [3.05, 3.63) is 59.7 Å². The fourth-order valence-electron chi connectivity index (χ4n) is 3.60. The number of amides is 1. The van der Waals surface area contributed by atoms with E-state index in [1.807, 2.05) is 43.3 Å². The van der Waals surface area contributed by atoms with Gasteiger partial charge >= 0.3 is 0 Å². The van der Waals surface area contributed by atoms with E-state index in [0.717, 1.165) is 57.0 Å². The van der Waals surface area contributed by atoms with Gasteiger partial charge < -0.3 is 15.0 Å². The Balaban J connectivity index is 1.32. The van der Waals surface area contributed by atoms with Crippen molar-refractivity contribution in [2.45, 2.75) is 19.8 Å². The molecule has 0 radical (unpaired) electrons. The smallest absolute Gasteiger partial charge is 0.224 e. The summed E-state index contributed by atoms with van der Waals surface area (Å²) in [4.78, 5) is 17.0. The molecule has 150 valence electrons. The van der Waals surface area contributed by atoms with E-state index in [1.165, 1.54) is 11.3 Å². The first kappa shape index (κ1) is 20.2. The third-order valence-electron chi connectivity index (χ3n) is 5.40. The topological polar surface area (TPSA) is 44.8 Å².